The number of ketones is 1. The van der Waals surface area contributed by atoms with Gasteiger partial charge in [-0.2, -0.15) is 0 Å². The summed E-state index contributed by atoms with van der Waals surface area (Å²) in [4.78, 5) is 24.6. The number of hydrogen-bond acceptors (Lipinski definition) is 6. The van der Waals surface area contributed by atoms with Crippen LogP contribution in [-0.2, 0) is 22.2 Å². The Kier molecular flexibility index (Phi) is 40.9. The molecule has 0 saturated carbocycles. The van der Waals surface area contributed by atoms with Crippen LogP contribution in [0.25, 0.3) is 0 Å². The van der Waals surface area contributed by atoms with Crippen LogP contribution in [0.1, 0.15) is 57.4 Å². The van der Waals surface area contributed by atoms with E-state index >= 15 is 0 Å². The number of hydrogen-bond donors (Lipinski definition) is 1. The number of rotatable bonds is 6. The molecule has 4 aromatic carbocycles. The van der Waals surface area contributed by atoms with Crippen LogP contribution in [-0.4, -0.2) is 34.5 Å². The van der Waals surface area contributed by atoms with E-state index in [2.05, 4.69) is 0 Å². The quantitative estimate of drug-likeness (QED) is 0.0883. The Labute approximate surface area is 377 Å². The van der Waals surface area contributed by atoms with Crippen LogP contribution in [0.15, 0.2) is 121 Å². The first-order valence-electron chi connectivity index (χ1n) is 13.5. The molecule has 1 N–H and O–H groups in total. The third-order valence-electron chi connectivity index (χ3n) is 5.28. The maximum atomic E-state index is 11.4. The molecule has 0 heterocycles. The van der Waals surface area contributed by atoms with Crippen molar-refractivity contribution in [3.63, 3.8) is 0 Å². The molecule has 14 heteroatoms. The molecule has 0 fully saturated rings. The number of thiocarbonyl (C=S) groups is 2. The zero-order valence-electron chi connectivity index (χ0n) is 27.0. The minimum atomic E-state index is -0.987. The summed E-state index contributed by atoms with van der Waals surface area (Å²) in [5, 5.41) is 9.31. The number of carboxylic acids is 1. The van der Waals surface area contributed by atoms with Crippen LogP contribution >= 0.6 is 83.4 Å². The molecule has 0 aromatic heterocycles. The van der Waals surface area contributed by atoms with E-state index in [1.807, 2.05) is 131 Å². The predicted octanol–water partition coefficient (Wildman–Crippen LogP) is 10.9. The fraction of sp³-hybridized carbons (Fsp3) is 0.263. The van der Waals surface area contributed by atoms with Crippen molar-refractivity contribution in [1.29, 1.82) is 0 Å². The maximum absolute atomic E-state index is 11.4. The average molecular weight is 877 g/mol. The summed E-state index contributed by atoms with van der Waals surface area (Å²) >= 11 is 31.4. The van der Waals surface area contributed by atoms with E-state index in [9.17, 15) is 14.7 Å². The maximum Gasteiger partial charge on any atom is 1.00 e. The normalized spacial score (nSPS) is 8.85. The van der Waals surface area contributed by atoms with Gasteiger partial charge in [0.2, 0.25) is 0 Å². The standard InChI is InChI=1S/C17H17NO2S2.C13H11NS2.C3H6O.CHCl3.4CH4.ClH.Na/c1-17(2,15(19)20)22-16(21)18(13-9-5-3-6-10-13)14-11-7-4-8-12-14;15-13(16)14(11-7-3-1-4-8-11)12-9-5-2-6-10-12;1-3(2)4;2-1(3)4;;;;;;/h3-12H,1-2H3,(H,19,20);1-10H,(H,15,16);1-2H3;1H;4*1H4;1H;/q;;;;;;;;;+1/p-1. The number of anilines is 4. The Bertz CT molecular complexity index is 1430. The smallest absolute Gasteiger partial charge is 0.480 e. The SMILES string of the molecule is C.C.C.C.CC(C)(SC(=S)N(c1ccccc1)c1ccccc1)C(=O)O.CC(C)=O.Cl.ClC(Cl)Cl.S=C([S-])N(c1ccccc1)c1ccccc1.[Na+]. The van der Waals surface area contributed by atoms with E-state index in [0.29, 0.717) is 8.64 Å². The van der Waals surface area contributed by atoms with Gasteiger partial charge in [0.1, 0.15) is 14.9 Å². The summed E-state index contributed by atoms with van der Waals surface area (Å²) in [6.07, 6.45) is 0. The number of alkyl halides is 3. The Morgan fingerprint density at radius 2 is 0.865 bits per heavy atom. The molecule has 284 valence electrons. The van der Waals surface area contributed by atoms with Crippen LogP contribution in [0, 0.1) is 0 Å². The van der Waals surface area contributed by atoms with Gasteiger partial charge in [-0.05, 0) is 76.2 Å². The van der Waals surface area contributed by atoms with E-state index in [-0.39, 0.29) is 77.5 Å². The molecular weight excluding hydrogens is 825 g/mol. The molecule has 0 amide bonds. The van der Waals surface area contributed by atoms with Crippen molar-refractivity contribution in [2.45, 2.75) is 66.4 Å². The van der Waals surface area contributed by atoms with Gasteiger partial charge in [-0.3, -0.25) is 9.69 Å². The van der Waals surface area contributed by atoms with Crippen molar-refractivity contribution >= 4 is 139 Å². The Hall–Kier alpha value is -1.47. The van der Waals surface area contributed by atoms with Gasteiger partial charge >= 0.3 is 35.5 Å². The molecule has 4 aromatic rings. The number of para-hydroxylation sites is 4. The number of thioether (sulfide) groups is 1. The van der Waals surface area contributed by atoms with E-state index in [0.717, 1.165) is 22.7 Å². The molecule has 0 radical (unpaired) electrons. The first kappa shape index (κ1) is 62.5. The van der Waals surface area contributed by atoms with E-state index in [1.165, 1.54) is 25.6 Å². The largest absolute Gasteiger partial charge is 1.00 e. The van der Waals surface area contributed by atoms with Crippen molar-refractivity contribution in [3.8, 4) is 0 Å². The van der Waals surface area contributed by atoms with Crippen LogP contribution in [0.2, 0.25) is 0 Å². The van der Waals surface area contributed by atoms with Gasteiger partial charge in [-0.15, -0.1) is 12.4 Å². The van der Waals surface area contributed by atoms with Gasteiger partial charge in [0.15, 0.2) is 4.30 Å². The van der Waals surface area contributed by atoms with E-state index in [1.54, 1.807) is 13.8 Å². The van der Waals surface area contributed by atoms with Crippen molar-refractivity contribution in [3.05, 3.63) is 121 Å². The molecule has 0 aliphatic heterocycles. The summed E-state index contributed by atoms with van der Waals surface area (Å²) in [6, 6.07) is 39.2. The second kappa shape index (κ2) is 34.1. The number of halogens is 4. The van der Waals surface area contributed by atoms with Crippen LogP contribution in [0.5, 0.6) is 0 Å². The Morgan fingerprint density at radius 3 is 1.06 bits per heavy atom. The van der Waals surface area contributed by atoms with Gasteiger partial charge in [-0.1, -0.05) is 166 Å². The van der Waals surface area contributed by atoms with Gasteiger partial charge in [0.05, 0.1) is 0 Å². The second-order valence-corrected chi connectivity index (χ2v) is 14.9. The molecule has 0 bridgehead atoms. The zero-order valence-corrected chi connectivity index (χ0v) is 35.3. The van der Waals surface area contributed by atoms with Crippen molar-refractivity contribution in [2.24, 2.45) is 0 Å². The summed E-state index contributed by atoms with van der Waals surface area (Å²) in [5.74, 6) is -0.721. The van der Waals surface area contributed by atoms with Crippen LogP contribution in [0.4, 0.5) is 22.7 Å². The number of aliphatic carboxylic acids is 1. The second-order valence-electron chi connectivity index (χ2n) is 9.62. The fourth-order valence-electron chi connectivity index (χ4n) is 3.34. The molecule has 5 nitrogen and oxygen atoms in total. The van der Waals surface area contributed by atoms with Gasteiger partial charge in [0.25, 0.3) is 0 Å². The topological polar surface area (TPSA) is 60.9 Å². The van der Waals surface area contributed by atoms with Crippen molar-refractivity contribution in [1.82, 2.24) is 0 Å². The number of carboxylic acid groups (broad SMARTS) is 1. The molecule has 0 spiro atoms. The molecule has 0 saturated heterocycles. The molecular formula is C38H51Cl4N2NaO3S4. The number of nitrogens with zero attached hydrogens (tertiary/aromatic N) is 2. The molecule has 0 atom stereocenters. The number of benzene rings is 4. The summed E-state index contributed by atoms with van der Waals surface area (Å²) in [6.45, 7) is 6.36. The van der Waals surface area contributed by atoms with Crippen LogP contribution in [0.3, 0.4) is 0 Å². The molecule has 52 heavy (non-hydrogen) atoms. The minimum absolute atomic E-state index is 0. The van der Waals surface area contributed by atoms with Crippen molar-refractivity contribution in [2.75, 3.05) is 9.80 Å². The third-order valence-corrected chi connectivity index (χ3v) is 7.12. The number of carbonyl (C=O) groups excluding carboxylic acids is 1. The van der Waals surface area contributed by atoms with E-state index in [4.69, 9.17) is 71.9 Å². The first-order chi connectivity index (χ1) is 21.7. The minimum Gasteiger partial charge on any atom is -0.480 e. The number of Topliss-reactive ketones (excluding diaryl/α,β-unsaturated/α-hetero) is 1. The average Bonchev–Trinajstić information content (AvgIpc) is 2.99. The number of carbonyl (C=O) groups is 2. The molecule has 4 rings (SSSR count). The van der Waals surface area contributed by atoms with Gasteiger partial charge in [-0.25, -0.2) is 0 Å². The monoisotopic (exact) mass is 874 g/mol. The fourth-order valence-corrected chi connectivity index (χ4v) is 5.42. The first-order valence-corrected chi connectivity index (χ1v) is 16.9. The van der Waals surface area contributed by atoms with Gasteiger partial charge in [0, 0.05) is 22.7 Å². The molecule has 0 unspecified atom stereocenters. The Balaban J connectivity index is -0.000000157. The van der Waals surface area contributed by atoms with E-state index < -0.39 is 15.0 Å². The summed E-state index contributed by atoms with van der Waals surface area (Å²) in [7, 11) is 0. The van der Waals surface area contributed by atoms with Crippen molar-refractivity contribution < 1.29 is 44.3 Å². The van der Waals surface area contributed by atoms with Crippen LogP contribution < -0.4 is 39.4 Å². The Morgan fingerprint density at radius 1 is 0.654 bits per heavy atom. The van der Waals surface area contributed by atoms with Gasteiger partial charge < -0.3 is 39.6 Å². The summed E-state index contributed by atoms with van der Waals surface area (Å²) in [5.41, 5.74) is 3.81. The predicted molar refractivity (Wildman–Crippen MR) is 244 cm³/mol. The third kappa shape index (κ3) is 25.5. The molecule has 0 aliphatic rings. The molecule has 0 aliphatic carbocycles. The zero-order chi connectivity index (χ0) is 34.7. The summed E-state index contributed by atoms with van der Waals surface area (Å²) < 4.78 is -0.805.